The predicted octanol–water partition coefficient (Wildman–Crippen LogP) is 4.95. The van der Waals surface area contributed by atoms with Crippen LogP contribution in [0.1, 0.15) is 75.3 Å². The molecule has 128 valence electrons. The van der Waals surface area contributed by atoms with Gasteiger partial charge in [0.15, 0.2) is 0 Å². The van der Waals surface area contributed by atoms with Gasteiger partial charge in [-0.15, -0.1) is 0 Å². The number of carbonyl (C=O) groups excluding carboxylic acids is 1. The molecule has 0 amide bonds. The van der Waals surface area contributed by atoms with E-state index in [1.165, 1.54) is 51.0 Å². The van der Waals surface area contributed by atoms with Gasteiger partial charge in [0.2, 0.25) is 0 Å². The summed E-state index contributed by atoms with van der Waals surface area (Å²) in [5.41, 5.74) is 2.14. The highest BCUT2D eigenvalue weighted by atomic mass is 16.5. The summed E-state index contributed by atoms with van der Waals surface area (Å²) >= 11 is 0. The van der Waals surface area contributed by atoms with Crippen LogP contribution in [0.2, 0.25) is 0 Å². The summed E-state index contributed by atoms with van der Waals surface area (Å²) in [6.45, 7) is 1.51. The van der Waals surface area contributed by atoms with Crippen LogP contribution in [0.3, 0.4) is 0 Å². The molecule has 3 rings (SSSR count). The maximum absolute atomic E-state index is 11.1. The Hall–Kier alpha value is -1.82. The Balaban J connectivity index is 1.47. The minimum Gasteiger partial charge on any atom is -0.463 e. The van der Waals surface area contributed by atoms with Crippen molar-refractivity contribution < 1.29 is 9.53 Å². The third kappa shape index (κ3) is 4.17. The molecule has 0 saturated heterocycles. The first-order valence-electron chi connectivity index (χ1n) is 9.33. The van der Waals surface area contributed by atoms with E-state index in [1.54, 1.807) is 0 Å². The van der Waals surface area contributed by atoms with Crippen LogP contribution in [0, 0.1) is 23.2 Å². The highest BCUT2D eigenvalue weighted by molar-refractivity contribution is 5.66. The van der Waals surface area contributed by atoms with Crippen LogP contribution < -0.4 is 0 Å². The molecule has 0 radical (unpaired) electrons. The number of rotatable bonds is 3. The smallest absolute Gasteiger partial charge is 0.302 e. The summed E-state index contributed by atoms with van der Waals surface area (Å²) in [6.07, 6.45) is 9.82. The van der Waals surface area contributed by atoms with Crippen molar-refractivity contribution in [3.8, 4) is 6.07 Å². The van der Waals surface area contributed by atoms with E-state index < -0.39 is 0 Å². The van der Waals surface area contributed by atoms with Crippen LogP contribution in [0.15, 0.2) is 24.3 Å². The van der Waals surface area contributed by atoms with Gasteiger partial charge in [-0.2, -0.15) is 5.26 Å². The standard InChI is InChI=1S/C21H27NO2/c1-15(23)24-21-12-10-20(11-13-21)19-8-6-18(7-9-19)17-4-2-16(14-22)3-5-17/h2-5,18-21H,6-13H2,1H3/t18?,19?,20-,21-. The second-order valence-corrected chi connectivity index (χ2v) is 7.49. The van der Waals surface area contributed by atoms with Gasteiger partial charge in [-0.1, -0.05) is 12.1 Å². The zero-order valence-electron chi connectivity index (χ0n) is 14.5. The molecule has 0 N–H and O–H groups in total. The third-order valence-corrected chi connectivity index (χ3v) is 6.00. The molecule has 2 fully saturated rings. The van der Waals surface area contributed by atoms with Gasteiger partial charge in [-0.3, -0.25) is 4.79 Å². The van der Waals surface area contributed by atoms with Gasteiger partial charge in [0.25, 0.3) is 0 Å². The van der Waals surface area contributed by atoms with Crippen LogP contribution in [0.25, 0.3) is 0 Å². The number of nitriles is 1. The summed E-state index contributed by atoms with van der Waals surface area (Å²) in [6, 6.07) is 10.3. The minimum atomic E-state index is -0.138. The lowest BCUT2D eigenvalue weighted by Crippen LogP contribution is -2.29. The Morgan fingerprint density at radius 1 is 0.958 bits per heavy atom. The summed E-state index contributed by atoms with van der Waals surface area (Å²) < 4.78 is 5.36. The molecule has 0 unspecified atom stereocenters. The molecule has 0 heterocycles. The number of carbonyl (C=O) groups is 1. The molecule has 0 bridgehead atoms. The lowest BCUT2D eigenvalue weighted by Gasteiger charge is -2.37. The minimum absolute atomic E-state index is 0.138. The molecule has 0 aromatic heterocycles. The summed E-state index contributed by atoms with van der Waals surface area (Å²) in [5.74, 6) is 2.18. The van der Waals surface area contributed by atoms with Crippen LogP contribution in [0.5, 0.6) is 0 Å². The number of benzene rings is 1. The van der Waals surface area contributed by atoms with Crippen molar-refractivity contribution in [2.24, 2.45) is 11.8 Å². The molecule has 2 aliphatic rings. The number of nitrogens with zero attached hydrogens (tertiary/aromatic N) is 1. The van der Waals surface area contributed by atoms with Gasteiger partial charge in [-0.25, -0.2) is 0 Å². The first-order chi connectivity index (χ1) is 11.7. The van der Waals surface area contributed by atoms with Crippen molar-refractivity contribution in [1.29, 1.82) is 5.26 Å². The average molecular weight is 325 g/mol. The highest BCUT2D eigenvalue weighted by Gasteiger charge is 2.32. The second kappa shape index (κ2) is 7.83. The van der Waals surface area contributed by atoms with Crippen LogP contribution >= 0.6 is 0 Å². The van der Waals surface area contributed by atoms with Gasteiger partial charge < -0.3 is 4.74 Å². The zero-order chi connectivity index (χ0) is 16.9. The van der Waals surface area contributed by atoms with Crippen molar-refractivity contribution in [2.45, 2.75) is 70.3 Å². The molecule has 2 saturated carbocycles. The lowest BCUT2D eigenvalue weighted by atomic mass is 9.69. The molecule has 24 heavy (non-hydrogen) atoms. The molecule has 3 heteroatoms. The molecule has 3 nitrogen and oxygen atoms in total. The molecular weight excluding hydrogens is 298 g/mol. The van der Waals surface area contributed by atoms with E-state index in [0.29, 0.717) is 5.92 Å². The SMILES string of the molecule is CC(=O)O[C@H]1CC[C@H](C2CCC(c3ccc(C#N)cc3)CC2)CC1. The van der Waals surface area contributed by atoms with Crippen LogP contribution in [-0.2, 0) is 9.53 Å². The van der Waals surface area contributed by atoms with Crippen molar-refractivity contribution in [3.05, 3.63) is 35.4 Å². The molecular formula is C21H27NO2. The van der Waals surface area contributed by atoms with E-state index in [0.717, 1.165) is 30.2 Å². The number of hydrogen-bond acceptors (Lipinski definition) is 3. The Kier molecular flexibility index (Phi) is 5.56. The van der Waals surface area contributed by atoms with Crippen molar-refractivity contribution in [2.75, 3.05) is 0 Å². The highest BCUT2D eigenvalue weighted by Crippen LogP contribution is 2.43. The molecule has 1 aromatic rings. The fraction of sp³-hybridized carbons (Fsp3) is 0.619. The fourth-order valence-electron chi connectivity index (χ4n) is 4.67. The summed E-state index contributed by atoms with van der Waals surface area (Å²) in [5, 5.41) is 8.91. The first-order valence-corrected chi connectivity index (χ1v) is 9.33. The largest absolute Gasteiger partial charge is 0.463 e. The summed E-state index contributed by atoms with van der Waals surface area (Å²) in [4.78, 5) is 11.1. The van der Waals surface area contributed by atoms with E-state index in [-0.39, 0.29) is 12.1 Å². The molecule has 0 spiro atoms. The van der Waals surface area contributed by atoms with Crippen molar-refractivity contribution in [1.82, 2.24) is 0 Å². The maximum Gasteiger partial charge on any atom is 0.302 e. The number of ether oxygens (including phenoxy) is 1. The molecule has 0 aliphatic heterocycles. The van der Waals surface area contributed by atoms with Gasteiger partial charge in [-0.05, 0) is 86.8 Å². The van der Waals surface area contributed by atoms with E-state index in [2.05, 4.69) is 18.2 Å². The monoisotopic (exact) mass is 325 g/mol. The zero-order valence-corrected chi connectivity index (χ0v) is 14.5. The van der Waals surface area contributed by atoms with Crippen LogP contribution in [0.4, 0.5) is 0 Å². The van der Waals surface area contributed by atoms with Crippen molar-refractivity contribution >= 4 is 5.97 Å². The molecule has 0 atom stereocenters. The van der Waals surface area contributed by atoms with E-state index in [1.807, 2.05) is 12.1 Å². The summed E-state index contributed by atoms with van der Waals surface area (Å²) in [7, 11) is 0. The van der Waals surface area contributed by atoms with E-state index >= 15 is 0 Å². The van der Waals surface area contributed by atoms with Gasteiger partial charge >= 0.3 is 5.97 Å². The normalized spacial score (nSPS) is 30.3. The Labute approximate surface area is 145 Å². The van der Waals surface area contributed by atoms with Crippen LogP contribution in [-0.4, -0.2) is 12.1 Å². The van der Waals surface area contributed by atoms with E-state index in [4.69, 9.17) is 10.00 Å². The average Bonchev–Trinajstić information content (AvgIpc) is 2.62. The van der Waals surface area contributed by atoms with Gasteiger partial charge in [0, 0.05) is 6.92 Å². The topological polar surface area (TPSA) is 50.1 Å². The fourth-order valence-corrected chi connectivity index (χ4v) is 4.67. The lowest BCUT2D eigenvalue weighted by molar-refractivity contribution is -0.148. The van der Waals surface area contributed by atoms with E-state index in [9.17, 15) is 4.79 Å². The molecule has 2 aliphatic carbocycles. The van der Waals surface area contributed by atoms with Crippen molar-refractivity contribution in [3.63, 3.8) is 0 Å². The Morgan fingerprint density at radius 3 is 2.00 bits per heavy atom. The Bertz CT molecular complexity index is 585. The number of esters is 1. The Morgan fingerprint density at radius 2 is 1.50 bits per heavy atom. The predicted molar refractivity (Wildman–Crippen MR) is 93.4 cm³/mol. The third-order valence-electron chi connectivity index (χ3n) is 6.00. The quantitative estimate of drug-likeness (QED) is 0.738. The maximum atomic E-state index is 11.1. The first kappa shape index (κ1) is 17.0. The second-order valence-electron chi connectivity index (χ2n) is 7.49. The van der Waals surface area contributed by atoms with Gasteiger partial charge in [0.1, 0.15) is 6.10 Å². The number of hydrogen-bond donors (Lipinski definition) is 0. The molecule has 1 aromatic carbocycles. The van der Waals surface area contributed by atoms with Gasteiger partial charge in [0.05, 0.1) is 11.6 Å².